The molecule has 1 aromatic heterocycles. The highest BCUT2D eigenvalue weighted by atomic mass is 32.1. The van der Waals surface area contributed by atoms with Crippen LogP contribution in [0.2, 0.25) is 0 Å². The second-order valence-electron chi connectivity index (χ2n) is 4.31. The zero-order chi connectivity index (χ0) is 15.4. The van der Waals surface area contributed by atoms with Gasteiger partial charge < -0.3 is 11.1 Å². The van der Waals surface area contributed by atoms with Gasteiger partial charge in [-0.1, -0.05) is 30.1 Å². The van der Waals surface area contributed by atoms with Gasteiger partial charge in [0.15, 0.2) is 0 Å². The van der Waals surface area contributed by atoms with E-state index in [1.165, 1.54) is 12.1 Å². The molecule has 21 heavy (non-hydrogen) atoms. The molecule has 5 nitrogen and oxygen atoms in total. The molecule has 2 aromatic rings. The van der Waals surface area contributed by atoms with E-state index in [1.54, 1.807) is 6.07 Å². The summed E-state index contributed by atoms with van der Waals surface area (Å²) in [6.07, 6.45) is 1.50. The van der Waals surface area contributed by atoms with E-state index in [9.17, 15) is 9.18 Å². The summed E-state index contributed by atoms with van der Waals surface area (Å²) >= 11 is 5.77. The minimum absolute atomic E-state index is 0.0656. The van der Waals surface area contributed by atoms with Crippen LogP contribution in [0, 0.1) is 5.82 Å². The van der Waals surface area contributed by atoms with Crippen molar-refractivity contribution in [3.8, 4) is 0 Å². The average molecular weight is 324 g/mol. The summed E-state index contributed by atoms with van der Waals surface area (Å²) in [6, 6.07) is 4.17. The number of aromatic nitrogens is 2. The summed E-state index contributed by atoms with van der Waals surface area (Å²) in [5.74, 6) is -1.02. The number of hydrogen-bond donors (Lipinski definition) is 2. The summed E-state index contributed by atoms with van der Waals surface area (Å²) in [4.78, 5) is 12.6. The second-order valence-corrected chi connectivity index (χ2v) is 5.51. The lowest BCUT2D eigenvalue weighted by Crippen LogP contribution is -2.15. The number of carbonyl (C=O) groups is 1. The van der Waals surface area contributed by atoms with E-state index in [-0.39, 0.29) is 10.7 Å². The van der Waals surface area contributed by atoms with Gasteiger partial charge in [-0.2, -0.15) is 0 Å². The molecule has 8 heteroatoms. The summed E-state index contributed by atoms with van der Waals surface area (Å²) in [6.45, 7) is 1.98. The Kier molecular flexibility index (Phi) is 4.92. The predicted octanol–water partition coefficient (Wildman–Crippen LogP) is 2.52. The van der Waals surface area contributed by atoms with Gasteiger partial charge in [0.25, 0.3) is 5.91 Å². The number of halogens is 1. The molecule has 0 saturated carbocycles. The minimum Gasteiger partial charge on any atom is -0.389 e. The lowest BCUT2D eigenvalue weighted by atomic mass is 10.2. The zero-order valence-electron chi connectivity index (χ0n) is 11.2. The van der Waals surface area contributed by atoms with Gasteiger partial charge in [0.2, 0.25) is 0 Å². The van der Waals surface area contributed by atoms with E-state index in [1.807, 2.05) is 6.92 Å². The van der Waals surface area contributed by atoms with Crippen LogP contribution in [-0.2, 0) is 6.42 Å². The number of anilines is 1. The first-order valence-electron chi connectivity index (χ1n) is 6.24. The van der Waals surface area contributed by atoms with Crippen molar-refractivity contribution in [3.05, 3.63) is 40.2 Å². The number of aryl methyl sites for hydroxylation is 1. The Morgan fingerprint density at radius 2 is 2.29 bits per heavy atom. The van der Waals surface area contributed by atoms with Gasteiger partial charge in [0.05, 0.1) is 11.4 Å². The van der Waals surface area contributed by atoms with E-state index >= 15 is 0 Å². The zero-order valence-corrected chi connectivity index (χ0v) is 12.9. The molecule has 3 N–H and O–H groups in total. The van der Waals surface area contributed by atoms with E-state index in [2.05, 4.69) is 14.9 Å². The van der Waals surface area contributed by atoms with Crippen LogP contribution < -0.4 is 11.1 Å². The van der Waals surface area contributed by atoms with Gasteiger partial charge in [0.1, 0.15) is 15.7 Å². The van der Waals surface area contributed by atoms with Crippen molar-refractivity contribution in [1.29, 1.82) is 0 Å². The number of nitrogens with one attached hydrogen (secondary N) is 1. The number of rotatable bonds is 5. The van der Waals surface area contributed by atoms with Crippen molar-refractivity contribution >= 4 is 40.3 Å². The molecule has 0 unspecified atom stereocenters. The number of amides is 1. The highest BCUT2D eigenvalue weighted by Crippen LogP contribution is 2.19. The number of nitrogens with zero attached hydrogens (tertiary/aromatic N) is 2. The molecule has 0 radical (unpaired) electrons. The maximum Gasteiger partial charge on any atom is 0.269 e. The molecule has 110 valence electrons. The van der Waals surface area contributed by atoms with E-state index in [0.717, 1.165) is 18.0 Å². The van der Waals surface area contributed by atoms with Crippen molar-refractivity contribution in [3.63, 3.8) is 0 Å². The third-order valence-corrected chi connectivity index (χ3v) is 3.75. The summed E-state index contributed by atoms with van der Waals surface area (Å²) in [7, 11) is 0. The third-order valence-electron chi connectivity index (χ3n) is 2.75. The Morgan fingerprint density at radius 1 is 1.52 bits per heavy atom. The quantitative estimate of drug-likeness (QED) is 0.826. The molecule has 1 aromatic carbocycles. The van der Waals surface area contributed by atoms with Crippen LogP contribution in [0.4, 0.5) is 10.1 Å². The topological polar surface area (TPSA) is 80.9 Å². The maximum atomic E-state index is 13.9. The minimum atomic E-state index is -0.594. The molecule has 0 spiro atoms. The first kappa shape index (κ1) is 15.5. The second kappa shape index (κ2) is 6.68. The van der Waals surface area contributed by atoms with E-state index in [0.29, 0.717) is 22.6 Å². The Morgan fingerprint density at radius 3 is 2.90 bits per heavy atom. The molecule has 2 rings (SSSR count). The first-order chi connectivity index (χ1) is 10.0. The van der Waals surface area contributed by atoms with Crippen LogP contribution >= 0.6 is 23.8 Å². The normalized spacial score (nSPS) is 10.4. The van der Waals surface area contributed by atoms with Crippen LogP contribution in [0.5, 0.6) is 0 Å². The third kappa shape index (κ3) is 3.59. The van der Waals surface area contributed by atoms with Crippen LogP contribution in [0.25, 0.3) is 0 Å². The maximum absolute atomic E-state index is 13.9. The van der Waals surface area contributed by atoms with E-state index in [4.69, 9.17) is 18.0 Å². The fourth-order valence-electron chi connectivity index (χ4n) is 1.73. The van der Waals surface area contributed by atoms with Gasteiger partial charge >= 0.3 is 0 Å². The van der Waals surface area contributed by atoms with Crippen molar-refractivity contribution in [1.82, 2.24) is 9.59 Å². The van der Waals surface area contributed by atoms with Crippen molar-refractivity contribution < 1.29 is 9.18 Å². The van der Waals surface area contributed by atoms with Gasteiger partial charge in [-0.05, 0) is 36.2 Å². The van der Waals surface area contributed by atoms with Crippen LogP contribution in [0.3, 0.4) is 0 Å². The molecular formula is C13H13FN4OS2. The van der Waals surface area contributed by atoms with Crippen LogP contribution in [-0.4, -0.2) is 20.5 Å². The summed E-state index contributed by atoms with van der Waals surface area (Å²) < 4.78 is 17.7. The standard InChI is InChI=1S/C13H13FN4OS2/c1-2-3-10-11(21-18-17-10)13(19)16-9-5-4-7(12(15)20)6-8(9)14/h4-6H,2-3H2,1H3,(H2,15,20)(H,16,19). The number of nitrogens with two attached hydrogens (primary N) is 1. The molecule has 0 fully saturated rings. The molecule has 0 bridgehead atoms. The number of hydrogen-bond acceptors (Lipinski definition) is 5. The lowest BCUT2D eigenvalue weighted by Gasteiger charge is -2.07. The molecular weight excluding hydrogens is 311 g/mol. The molecule has 0 aliphatic carbocycles. The lowest BCUT2D eigenvalue weighted by molar-refractivity contribution is 0.102. The largest absolute Gasteiger partial charge is 0.389 e. The monoisotopic (exact) mass is 324 g/mol. The summed E-state index contributed by atoms with van der Waals surface area (Å²) in [5, 5.41) is 6.42. The van der Waals surface area contributed by atoms with Crippen molar-refractivity contribution in [2.75, 3.05) is 5.32 Å². The van der Waals surface area contributed by atoms with Gasteiger partial charge in [0, 0.05) is 5.56 Å². The number of benzene rings is 1. The number of thiocarbonyl (C=S) groups is 1. The average Bonchev–Trinajstić information content (AvgIpc) is 2.89. The van der Waals surface area contributed by atoms with Gasteiger partial charge in [-0.25, -0.2) is 4.39 Å². The van der Waals surface area contributed by atoms with Crippen LogP contribution in [0.1, 0.15) is 34.3 Å². The Bertz CT molecular complexity index is 687. The number of carbonyl (C=O) groups excluding carboxylic acids is 1. The molecule has 1 heterocycles. The van der Waals surface area contributed by atoms with Crippen molar-refractivity contribution in [2.24, 2.45) is 5.73 Å². The van der Waals surface area contributed by atoms with Crippen LogP contribution in [0.15, 0.2) is 18.2 Å². The highest BCUT2D eigenvalue weighted by molar-refractivity contribution is 7.80. The van der Waals surface area contributed by atoms with E-state index < -0.39 is 11.7 Å². The fourth-order valence-corrected chi connectivity index (χ4v) is 2.46. The highest BCUT2D eigenvalue weighted by Gasteiger charge is 2.17. The van der Waals surface area contributed by atoms with Gasteiger partial charge in [-0.15, -0.1) is 5.10 Å². The van der Waals surface area contributed by atoms with Crippen molar-refractivity contribution in [2.45, 2.75) is 19.8 Å². The molecule has 0 aliphatic rings. The Balaban J connectivity index is 2.19. The fraction of sp³-hybridized carbons (Fsp3) is 0.231. The summed E-state index contributed by atoms with van der Waals surface area (Å²) in [5.41, 5.74) is 6.53. The SMILES string of the molecule is CCCc1nnsc1C(=O)Nc1ccc(C(N)=S)cc1F. The predicted molar refractivity (Wildman–Crippen MR) is 84.1 cm³/mol. The van der Waals surface area contributed by atoms with Gasteiger partial charge in [-0.3, -0.25) is 4.79 Å². The Hall–Kier alpha value is -1.93. The first-order valence-corrected chi connectivity index (χ1v) is 7.43. The molecule has 0 atom stereocenters. The molecule has 1 amide bonds. The Labute approximate surface area is 130 Å². The molecule has 0 aliphatic heterocycles. The molecule has 0 saturated heterocycles. The smallest absolute Gasteiger partial charge is 0.269 e.